The fraction of sp³-hybridized carbons (Fsp3) is 0.571. The maximum atomic E-state index is 6.38. The molecule has 1 aliphatic heterocycles. The molecule has 1 saturated heterocycles. The van der Waals surface area contributed by atoms with Gasteiger partial charge in [0.1, 0.15) is 0 Å². The number of hydrogen-bond donors (Lipinski definition) is 1. The summed E-state index contributed by atoms with van der Waals surface area (Å²) in [5, 5.41) is 0.884. The lowest BCUT2D eigenvalue weighted by atomic mass is 9.89. The Bertz CT molecular complexity index is 374. The van der Waals surface area contributed by atoms with Gasteiger partial charge in [0.2, 0.25) is 0 Å². The molecule has 2 N–H and O–H groups in total. The first kappa shape index (κ1) is 12.9. The van der Waals surface area contributed by atoms with Crippen LogP contribution >= 0.6 is 11.6 Å². The smallest absolute Gasteiger partial charge is 0.0471 e. The highest BCUT2D eigenvalue weighted by molar-refractivity contribution is 6.31. The molecule has 0 saturated carbocycles. The van der Waals surface area contributed by atoms with Crippen molar-refractivity contribution in [2.24, 2.45) is 5.73 Å². The lowest BCUT2D eigenvalue weighted by Crippen LogP contribution is -2.15. The Kier molecular flexibility index (Phi) is 4.43. The summed E-state index contributed by atoms with van der Waals surface area (Å²) in [6, 6.07) is 6.40. The Morgan fingerprint density at radius 2 is 2.12 bits per heavy atom. The van der Waals surface area contributed by atoms with Gasteiger partial charge in [0.15, 0.2) is 0 Å². The predicted molar refractivity (Wildman–Crippen MR) is 71.7 cm³/mol. The average molecular weight is 254 g/mol. The Morgan fingerprint density at radius 3 is 2.71 bits per heavy atom. The van der Waals surface area contributed by atoms with Gasteiger partial charge in [0, 0.05) is 18.2 Å². The minimum absolute atomic E-state index is 0.372. The van der Waals surface area contributed by atoms with Crippen molar-refractivity contribution in [2.45, 2.75) is 31.6 Å². The van der Waals surface area contributed by atoms with Gasteiger partial charge < -0.3 is 10.5 Å². The van der Waals surface area contributed by atoms with Crippen LogP contribution in [0.15, 0.2) is 18.2 Å². The van der Waals surface area contributed by atoms with E-state index in [4.69, 9.17) is 22.1 Å². The maximum absolute atomic E-state index is 6.38. The summed E-state index contributed by atoms with van der Waals surface area (Å²) in [4.78, 5) is 0. The molecule has 0 spiro atoms. The van der Waals surface area contributed by atoms with Gasteiger partial charge in [0.05, 0.1) is 0 Å². The van der Waals surface area contributed by atoms with Gasteiger partial charge in [-0.2, -0.15) is 0 Å². The Morgan fingerprint density at radius 1 is 1.41 bits per heavy atom. The summed E-state index contributed by atoms with van der Waals surface area (Å²) in [6.07, 6.45) is 2.15. The number of nitrogens with two attached hydrogens (primary N) is 1. The lowest BCUT2D eigenvalue weighted by Gasteiger charge is -2.24. The Balaban J connectivity index is 2.18. The van der Waals surface area contributed by atoms with E-state index in [0.29, 0.717) is 18.4 Å². The van der Waals surface area contributed by atoms with Gasteiger partial charge in [-0.15, -0.1) is 0 Å². The molecule has 2 nitrogen and oxygen atoms in total. The molecule has 3 heteroatoms. The third-order valence-electron chi connectivity index (χ3n) is 3.61. The van der Waals surface area contributed by atoms with Crippen molar-refractivity contribution in [1.82, 2.24) is 0 Å². The van der Waals surface area contributed by atoms with Crippen molar-refractivity contribution < 1.29 is 4.74 Å². The SMILES string of the molecule is CC(CN)c1ccc(C2CCOCC2)c(Cl)c1. The topological polar surface area (TPSA) is 35.2 Å². The molecule has 1 unspecified atom stereocenters. The molecule has 94 valence electrons. The largest absolute Gasteiger partial charge is 0.381 e. The van der Waals surface area contributed by atoms with Crippen LogP contribution in [0.1, 0.15) is 42.7 Å². The summed E-state index contributed by atoms with van der Waals surface area (Å²) in [7, 11) is 0. The number of ether oxygens (including phenoxy) is 1. The van der Waals surface area contributed by atoms with Crippen molar-refractivity contribution in [3.8, 4) is 0 Å². The van der Waals surface area contributed by atoms with E-state index in [9.17, 15) is 0 Å². The molecule has 1 heterocycles. The second kappa shape index (κ2) is 5.85. The zero-order chi connectivity index (χ0) is 12.3. The van der Waals surface area contributed by atoms with E-state index >= 15 is 0 Å². The molecule has 2 rings (SSSR count). The molecular weight excluding hydrogens is 234 g/mol. The molecule has 1 fully saturated rings. The van der Waals surface area contributed by atoms with Gasteiger partial charge in [0.25, 0.3) is 0 Å². The minimum Gasteiger partial charge on any atom is -0.381 e. The van der Waals surface area contributed by atoms with E-state index in [-0.39, 0.29) is 0 Å². The second-order valence-corrected chi connectivity index (χ2v) is 5.21. The summed E-state index contributed by atoms with van der Waals surface area (Å²) >= 11 is 6.38. The fourth-order valence-corrected chi connectivity index (χ4v) is 2.67. The van der Waals surface area contributed by atoms with E-state index in [2.05, 4.69) is 25.1 Å². The third-order valence-corrected chi connectivity index (χ3v) is 3.94. The average Bonchev–Trinajstić information content (AvgIpc) is 2.38. The molecule has 1 atom stereocenters. The first-order chi connectivity index (χ1) is 8.22. The minimum atomic E-state index is 0.372. The van der Waals surface area contributed by atoms with Crippen LogP contribution in [0.5, 0.6) is 0 Å². The number of hydrogen-bond acceptors (Lipinski definition) is 2. The molecule has 0 aromatic heterocycles. The fourth-order valence-electron chi connectivity index (χ4n) is 2.33. The lowest BCUT2D eigenvalue weighted by molar-refractivity contribution is 0.0853. The van der Waals surface area contributed by atoms with E-state index in [1.54, 1.807) is 0 Å². The molecule has 0 radical (unpaired) electrons. The standard InChI is InChI=1S/C14H20ClNO/c1-10(9-16)12-2-3-13(14(15)8-12)11-4-6-17-7-5-11/h2-3,8,10-11H,4-7,9,16H2,1H3. The molecule has 17 heavy (non-hydrogen) atoms. The van der Waals surface area contributed by atoms with Crippen LogP contribution in [0.25, 0.3) is 0 Å². The highest BCUT2D eigenvalue weighted by atomic mass is 35.5. The van der Waals surface area contributed by atoms with Gasteiger partial charge in [-0.1, -0.05) is 30.7 Å². The second-order valence-electron chi connectivity index (χ2n) is 4.80. The molecule has 1 aromatic carbocycles. The van der Waals surface area contributed by atoms with Crippen LogP contribution in [-0.4, -0.2) is 19.8 Å². The number of benzene rings is 1. The quantitative estimate of drug-likeness (QED) is 0.897. The van der Waals surface area contributed by atoms with Crippen LogP contribution in [0.3, 0.4) is 0 Å². The number of halogens is 1. The summed E-state index contributed by atoms with van der Waals surface area (Å²) in [5.74, 6) is 0.926. The molecule has 1 aliphatic rings. The zero-order valence-electron chi connectivity index (χ0n) is 10.3. The van der Waals surface area contributed by atoms with E-state index < -0.39 is 0 Å². The predicted octanol–water partition coefficient (Wildman–Crippen LogP) is 3.30. The molecule has 0 amide bonds. The van der Waals surface area contributed by atoms with Gasteiger partial charge in [-0.05, 0) is 48.4 Å². The van der Waals surface area contributed by atoms with Crippen molar-refractivity contribution in [1.29, 1.82) is 0 Å². The first-order valence-corrected chi connectivity index (χ1v) is 6.67. The summed E-state index contributed by atoms with van der Waals surface area (Å²) < 4.78 is 5.38. The Hall–Kier alpha value is -0.570. The van der Waals surface area contributed by atoms with E-state index in [1.165, 1.54) is 11.1 Å². The normalized spacial score (nSPS) is 19.2. The monoisotopic (exact) mass is 253 g/mol. The van der Waals surface area contributed by atoms with Crippen molar-refractivity contribution in [2.75, 3.05) is 19.8 Å². The molecular formula is C14H20ClNO. The highest BCUT2D eigenvalue weighted by Gasteiger charge is 2.18. The van der Waals surface area contributed by atoms with E-state index in [1.807, 2.05) is 0 Å². The van der Waals surface area contributed by atoms with Gasteiger partial charge >= 0.3 is 0 Å². The molecule has 0 bridgehead atoms. The van der Waals surface area contributed by atoms with Crippen molar-refractivity contribution >= 4 is 11.6 Å². The summed E-state index contributed by atoms with van der Waals surface area (Å²) in [6.45, 7) is 4.48. The van der Waals surface area contributed by atoms with Crippen molar-refractivity contribution in [3.05, 3.63) is 34.3 Å². The third kappa shape index (κ3) is 3.01. The molecule has 0 aliphatic carbocycles. The van der Waals surface area contributed by atoms with E-state index in [0.717, 1.165) is 31.1 Å². The first-order valence-electron chi connectivity index (χ1n) is 6.29. The van der Waals surface area contributed by atoms with Crippen LogP contribution < -0.4 is 5.73 Å². The Labute approximate surface area is 108 Å². The van der Waals surface area contributed by atoms with Crippen LogP contribution in [-0.2, 0) is 4.74 Å². The molecule has 1 aromatic rings. The van der Waals surface area contributed by atoms with Gasteiger partial charge in [-0.25, -0.2) is 0 Å². The van der Waals surface area contributed by atoms with Crippen LogP contribution in [0.4, 0.5) is 0 Å². The van der Waals surface area contributed by atoms with Gasteiger partial charge in [-0.3, -0.25) is 0 Å². The summed E-state index contributed by atoms with van der Waals surface area (Å²) in [5.41, 5.74) is 8.17. The van der Waals surface area contributed by atoms with Crippen molar-refractivity contribution in [3.63, 3.8) is 0 Å². The zero-order valence-corrected chi connectivity index (χ0v) is 11.0. The highest BCUT2D eigenvalue weighted by Crippen LogP contribution is 2.33. The van der Waals surface area contributed by atoms with Crippen LogP contribution in [0, 0.1) is 0 Å². The van der Waals surface area contributed by atoms with Crippen LogP contribution in [0.2, 0.25) is 5.02 Å². The number of rotatable bonds is 3. The maximum Gasteiger partial charge on any atom is 0.0471 e.